The van der Waals surface area contributed by atoms with Crippen LogP contribution in [-0.2, 0) is 9.59 Å². The van der Waals surface area contributed by atoms with Crippen LogP contribution >= 0.6 is 22.9 Å². The van der Waals surface area contributed by atoms with Crippen molar-refractivity contribution >= 4 is 50.9 Å². The summed E-state index contributed by atoms with van der Waals surface area (Å²) in [6.07, 6.45) is 0.804. The Bertz CT molecular complexity index is 969. The third kappa shape index (κ3) is 5.01. The number of amides is 2. The summed E-state index contributed by atoms with van der Waals surface area (Å²) in [5.74, 6) is 0.175. The number of nitrogens with zero attached hydrogens (tertiary/aromatic N) is 3. The second kappa shape index (κ2) is 8.45. The van der Waals surface area contributed by atoms with Crippen LogP contribution in [0.1, 0.15) is 43.1 Å². The van der Waals surface area contributed by atoms with Crippen LogP contribution in [0.3, 0.4) is 0 Å². The van der Waals surface area contributed by atoms with Gasteiger partial charge in [0.15, 0.2) is 0 Å². The highest BCUT2D eigenvalue weighted by molar-refractivity contribution is 7.15. The van der Waals surface area contributed by atoms with Crippen molar-refractivity contribution < 1.29 is 9.59 Å². The molecule has 0 spiro atoms. The van der Waals surface area contributed by atoms with E-state index in [1.807, 2.05) is 13.0 Å². The number of aromatic amines is 1. The molecule has 0 aliphatic heterocycles. The van der Waals surface area contributed by atoms with E-state index in [1.54, 1.807) is 19.1 Å². The molecule has 2 amide bonds. The molecule has 0 fully saturated rings. The topological polar surface area (TPSA) is 113 Å². The van der Waals surface area contributed by atoms with E-state index in [0.29, 0.717) is 22.4 Å². The standard InChI is InChI=1S/C17H19ClN6O2S/c1-3-11(16-20-12-5-4-10(18)8-13(12)21-16)19-14(25)6-7-15(26)22-17-24-23-9(2)27-17/h4-5,8,11H,3,6-7H2,1-2H3,(H,19,25)(H,20,21)(H,22,24,26). The van der Waals surface area contributed by atoms with Crippen molar-refractivity contribution in [1.82, 2.24) is 25.5 Å². The summed E-state index contributed by atoms with van der Waals surface area (Å²) in [7, 11) is 0. The third-order valence-electron chi connectivity index (χ3n) is 3.89. The Kier molecular flexibility index (Phi) is 6.02. The molecule has 0 aliphatic carbocycles. The molecule has 3 rings (SSSR count). The molecule has 0 radical (unpaired) electrons. The number of fused-ring (bicyclic) bond motifs is 1. The van der Waals surface area contributed by atoms with Gasteiger partial charge in [-0.05, 0) is 31.5 Å². The maximum absolute atomic E-state index is 12.2. The fourth-order valence-corrected chi connectivity index (χ4v) is 3.33. The first-order chi connectivity index (χ1) is 12.9. The minimum atomic E-state index is -0.271. The van der Waals surface area contributed by atoms with Crippen molar-refractivity contribution in [3.63, 3.8) is 0 Å². The van der Waals surface area contributed by atoms with E-state index in [4.69, 9.17) is 11.6 Å². The normalized spacial score (nSPS) is 12.1. The van der Waals surface area contributed by atoms with Gasteiger partial charge >= 0.3 is 0 Å². The minimum Gasteiger partial charge on any atom is -0.346 e. The van der Waals surface area contributed by atoms with Crippen LogP contribution < -0.4 is 10.6 Å². The Morgan fingerprint density at radius 1 is 1.26 bits per heavy atom. The summed E-state index contributed by atoms with van der Waals surface area (Å²) in [6.45, 7) is 3.76. The van der Waals surface area contributed by atoms with E-state index in [0.717, 1.165) is 16.0 Å². The van der Waals surface area contributed by atoms with Gasteiger partial charge in [0, 0.05) is 17.9 Å². The summed E-state index contributed by atoms with van der Waals surface area (Å²) in [4.78, 5) is 31.9. The molecule has 3 aromatic rings. The van der Waals surface area contributed by atoms with Gasteiger partial charge in [0.25, 0.3) is 0 Å². The van der Waals surface area contributed by atoms with Gasteiger partial charge < -0.3 is 15.6 Å². The Morgan fingerprint density at radius 3 is 2.74 bits per heavy atom. The molecule has 2 heterocycles. The number of imidazole rings is 1. The lowest BCUT2D eigenvalue weighted by atomic mass is 10.2. The molecule has 27 heavy (non-hydrogen) atoms. The Balaban J connectivity index is 1.55. The van der Waals surface area contributed by atoms with Gasteiger partial charge in [-0.1, -0.05) is 29.9 Å². The fraction of sp³-hybridized carbons (Fsp3) is 0.353. The number of rotatable bonds is 7. The first kappa shape index (κ1) is 19.2. The number of H-pyrrole nitrogens is 1. The molecule has 3 N–H and O–H groups in total. The van der Waals surface area contributed by atoms with Crippen LogP contribution in [0.5, 0.6) is 0 Å². The molecule has 142 valence electrons. The largest absolute Gasteiger partial charge is 0.346 e. The number of halogens is 1. The van der Waals surface area contributed by atoms with Gasteiger partial charge in [-0.2, -0.15) is 0 Å². The summed E-state index contributed by atoms with van der Waals surface area (Å²) in [5, 5.41) is 15.0. The lowest BCUT2D eigenvalue weighted by Gasteiger charge is -2.14. The first-order valence-corrected chi connectivity index (χ1v) is 9.68. The molecule has 0 saturated heterocycles. The van der Waals surface area contributed by atoms with Crippen molar-refractivity contribution in [2.45, 2.75) is 39.2 Å². The number of hydrogen-bond acceptors (Lipinski definition) is 6. The number of nitrogens with one attached hydrogen (secondary N) is 3. The number of carbonyl (C=O) groups excluding carboxylic acids is 2. The van der Waals surface area contributed by atoms with Crippen LogP contribution in [0.4, 0.5) is 5.13 Å². The van der Waals surface area contributed by atoms with Crippen molar-refractivity contribution in [3.8, 4) is 0 Å². The first-order valence-electron chi connectivity index (χ1n) is 8.49. The second-order valence-electron chi connectivity index (χ2n) is 5.99. The zero-order valence-electron chi connectivity index (χ0n) is 14.9. The third-order valence-corrected chi connectivity index (χ3v) is 4.88. The van der Waals surface area contributed by atoms with Crippen LogP contribution in [-0.4, -0.2) is 32.0 Å². The number of anilines is 1. The van der Waals surface area contributed by atoms with Gasteiger partial charge in [0.2, 0.25) is 16.9 Å². The van der Waals surface area contributed by atoms with E-state index in [9.17, 15) is 9.59 Å². The minimum absolute atomic E-state index is 0.0661. The molecule has 2 aromatic heterocycles. The highest BCUT2D eigenvalue weighted by atomic mass is 35.5. The molecule has 1 atom stereocenters. The average molecular weight is 407 g/mol. The number of carbonyl (C=O) groups is 2. The molecule has 0 aliphatic rings. The monoisotopic (exact) mass is 406 g/mol. The molecule has 10 heteroatoms. The zero-order chi connectivity index (χ0) is 19.4. The van der Waals surface area contributed by atoms with Crippen molar-refractivity contribution in [1.29, 1.82) is 0 Å². The van der Waals surface area contributed by atoms with Crippen molar-refractivity contribution in [2.75, 3.05) is 5.32 Å². The van der Waals surface area contributed by atoms with Crippen LogP contribution in [0.25, 0.3) is 11.0 Å². The fourth-order valence-electron chi connectivity index (χ4n) is 2.55. The quantitative estimate of drug-likeness (QED) is 0.556. The predicted octanol–water partition coefficient (Wildman–Crippen LogP) is 3.36. The van der Waals surface area contributed by atoms with Gasteiger partial charge in [-0.25, -0.2) is 4.98 Å². The van der Waals surface area contributed by atoms with E-state index in [-0.39, 0.29) is 30.7 Å². The van der Waals surface area contributed by atoms with Crippen LogP contribution in [0, 0.1) is 6.92 Å². The Labute approximate surface area is 164 Å². The average Bonchev–Trinajstić information content (AvgIpc) is 3.23. The van der Waals surface area contributed by atoms with Gasteiger partial charge in [0.05, 0.1) is 17.1 Å². The second-order valence-corrected chi connectivity index (χ2v) is 7.60. The van der Waals surface area contributed by atoms with E-state index in [2.05, 4.69) is 30.8 Å². The van der Waals surface area contributed by atoms with Crippen molar-refractivity contribution in [2.24, 2.45) is 0 Å². The highest BCUT2D eigenvalue weighted by Crippen LogP contribution is 2.21. The maximum atomic E-state index is 12.2. The zero-order valence-corrected chi connectivity index (χ0v) is 16.4. The van der Waals surface area contributed by atoms with Crippen LogP contribution in [0.15, 0.2) is 18.2 Å². The summed E-state index contributed by atoms with van der Waals surface area (Å²) < 4.78 is 0. The highest BCUT2D eigenvalue weighted by Gasteiger charge is 2.17. The molecule has 8 nitrogen and oxygen atoms in total. The van der Waals surface area contributed by atoms with Gasteiger partial charge in [0.1, 0.15) is 10.8 Å². The summed E-state index contributed by atoms with van der Waals surface area (Å²) >= 11 is 7.28. The molecular weight excluding hydrogens is 388 g/mol. The lowest BCUT2D eigenvalue weighted by Crippen LogP contribution is -2.29. The Hall–Kier alpha value is -2.52. The molecular formula is C17H19ClN6O2S. The summed E-state index contributed by atoms with van der Waals surface area (Å²) in [5.41, 5.74) is 1.60. The van der Waals surface area contributed by atoms with E-state index in [1.165, 1.54) is 11.3 Å². The smallest absolute Gasteiger partial charge is 0.226 e. The Morgan fingerprint density at radius 2 is 2.04 bits per heavy atom. The predicted molar refractivity (Wildman–Crippen MR) is 105 cm³/mol. The molecule has 0 bridgehead atoms. The number of hydrogen-bond donors (Lipinski definition) is 3. The van der Waals surface area contributed by atoms with Crippen LogP contribution in [0.2, 0.25) is 5.02 Å². The molecule has 0 saturated carbocycles. The summed E-state index contributed by atoms with van der Waals surface area (Å²) in [6, 6.07) is 5.12. The maximum Gasteiger partial charge on any atom is 0.226 e. The van der Waals surface area contributed by atoms with E-state index < -0.39 is 0 Å². The van der Waals surface area contributed by atoms with Crippen molar-refractivity contribution in [3.05, 3.63) is 34.1 Å². The lowest BCUT2D eigenvalue weighted by molar-refractivity contribution is -0.125. The number of benzene rings is 1. The SMILES string of the molecule is CCC(NC(=O)CCC(=O)Nc1nnc(C)s1)c1nc2ccc(Cl)cc2[nH]1. The molecule has 1 aromatic carbocycles. The van der Waals surface area contributed by atoms with Gasteiger partial charge in [-0.15, -0.1) is 10.2 Å². The van der Waals surface area contributed by atoms with Gasteiger partial charge in [-0.3, -0.25) is 9.59 Å². The van der Waals surface area contributed by atoms with E-state index >= 15 is 0 Å². The number of aryl methyl sites for hydroxylation is 1. The molecule has 1 unspecified atom stereocenters. The number of aromatic nitrogens is 4.